The van der Waals surface area contributed by atoms with Crippen molar-refractivity contribution in [3.8, 4) is 5.75 Å². The van der Waals surface area contributed by atoms with Gasteiger partial charge in [-0.25, -0.2) is 0 Å². The molecular weight excluding hydrogens is 336 g/mol. The second-order valence-corrected chi connectivity index (χ2v) is 8.85. The van der Waals surface area contributed by atoms with E-state index >= 15 is 0 Å². The molecule has 2 aliphatic heterocycles. The smallest absolute Gasteiger partial charge is 0.191 e. The Kier molecular flexibility index (Phi) is 6.30. The van der Waals surface area contributed by atoms with Crippen LogP contribution in [-0.2, 0) is 0 Å². The fourth-order valence-electron chi connectivity index (χ4n) is 4.26. The molecule has 0 aromatic heterocycles. The van der Waals surface area contributed by atoms with Crippen molar-refractivity contribution < 1.29 is 4.74 Å². The van der Waals surface area contributed by atoms with Crippen molar-refractivity contribution in [2.24, 2.45) is 10.9 Å². The van der Waals surface area contributed by atoms with Crippen molar-refractivity contribution in [2.45, 2.75) is 64.6 Å². The zero-order chi connectivity index (χ0) is 19.4. The van der Waals surface area contributed by atoms with Crippen molar-refractivity contribution in [1.29, 1.82) is 0 Å². The van der Waals surface area contributed by atoms with Crippen LogP contribution in [0.3, 0.4) is 0 Å². The average molecular weight is 373 g/mol. The van der Waals surface area contributed by atoms with Crippen LogP contribution in [0.1, 0.15) is 58.6 Å². The fraction of sp³-hybridized carbons (Fsp3) is 0.682. The quantitative estimate of drug-likeness (QED) is 0.627. The molecule has 150 valence electrons. The monoisotopic (exact) mass is 372 g/mol. The van der Waals surface area contributed by atoms with E-state index in [-0.39, 0.29) is 11.6 Å². The Morgan fingerprint density at radius 1 is 1.33 bits per heavy atom. The van der Waals surface area contributed by atoms with Crippen molar-refractivity contribution in [3.63, 3.8) is 0 Å². The number of ether oxygens (including phenoxy) is 1. The Bertz CT molecular complexity index is 655. The third-order valence-corrected chi connectivity index (χ3v) is 5.75. The van der Waals surface area contributed by atoms with E-state index < -0.39 is 0 Å². The lowest BCUT2D eigenvalue weighted by Gasteiger charge is -2.39. The Morgan fingerprint density at radius 3 is 2.85 bits per heavy atom. The summed E-state index contributed by atoms with van der Waals surface area (Å²) in [6, 6.07) is 9.16. The minimum absolute atomic E-state index is 0.188. The number of rotatable bonds is 4. The van der Waals surface area contributed by atoms with Gasteiger partial charge in [-0.3, -0.25) is 4.99 Å². The Morgan fingerprint density at radius 2 is 2.11 bits per heavy atom. The third-order valence-electron chi connectivity index (χ3n) is 5.75. The maximum atomic E-state index is 6.15. The summed E-state index contributed by atoms with van der Waals surface area (Å²) in [6.45, 7) is 12.3. The minimum atomic E-state index is -0.188. The first-order valence-corrected chi connectivity index (χ1v) is 10.4. The summed E-state index contributed by atoms with van der Waals surface area (Å²) < 4.78 is 6.15. The van der Waals surface area contributed by atoms with Crippen LogP contribution < -0.4 is 15.4 Å². The number of nitrogens with zero attached hydrogens (tertiary/aromatic N) is 2. The van der Waals surface area contributed by atoms with E-state index in [1.807, 2.05) is 13.1 Å². The molecule has 5 heteroatoms. The number of benzene rings is 1. The van der Waals surface area contributed by atoms with Crippen LogP contribution in [0.25, 0.3) is 0 Å². The molecule has 0 saturated carbocycles. The van der Waals surface area contributed by atoms with Gasteiger partial charge in [0.1, 0.15) is 11.4 Å². The molecule has 0 radical (unpaired) electrons. The molecule has 0 spiro atoms. The Balaban J connectivity index is 1.61. The topological polar surface area (TPSA) is 48.9 Å². The molecule has 27 heavy (non-hydrogen) atoms. The normalized spacial score (nSPS) is 25.6. The maximum absolute atomic E-state index is 6.15. The summed E-state index contributed by atoms with van der Waals surface area (Å²) >= 11 is 0. The van der Waals surface area contributed by atoms with Crippen LogP contribution in [0, 0.1) is 5.92 Å². The lowest BCUT2D eigenvalue weighted by molar-refractivity contribution is 0.0693. The highest BCUT2D eigenvalue weighted by atomic mass is 16.5. The molecular formula is C22H36N4O. The van der Waals surface area contributed by atoms with Crippen LogP contribution >= 0.6 is 0 Å². The van der Waals surface area contributed by atoms with Crippen LogP contribution in [0.4, 0.5) is 0 Å². The van der Waals surface area contributed by atoms with E-state index in [1.54, 1.807) is 0 Å². The first-order valence-electron chi connectivity index (χ1n) is 10.4. The molecule has 1 fully saturated rings. The average Bonchev–Trinajstić information content (AvgIpc) is 2.64. The van der Waals surface area contributed by atoms with E-state index in [4.69, 9.17) is 4.74 Å². The highest BCUT2D eigenvalue weighted by Gasteiger charge is 2.34. The zero-order valence-corrected chi connectivity index (χ0v) is 17.6. The number of likely N-dealkylation sites (tertiary alicyclic amines) is 1. The number of hydrogen-bond donors (Lipinski definition) is 2. The van der Waals surface area contributed by atoms with Crippen molar-refractivity contribution in [3.05, 3.63) is 29.8 Å². The van der Waals surface area contributed by atoms with Crippen LogP contribution in [-0.4, -0.2) is 49.2 Å². The largest absolute Gasteiger partial charge is 0.487 e. The molecule has 2 aliphatic rings. The number of hydrogen-bond acceptors (Lipinski definition) is 3. The Hall–Kier alpha value is -1.75. The molecule has 2 N–H and O–H groups in total. The van der Waals surface area contributed by atoms with E-state index in [0.717, 1.165) is 24.7 Å². The van der Waals surface area contributed by atoms with Gasteiger partial charge in [-0.1, -0.05) is 18.2 Å². The lowest BCUT2D eigenvalue weighted by atomic mass is 9.90. The molecule has 0 amide bonds. The molecule has 2 heterocycles. The zero-order valence-electron chi connectivity index (χ0n) is 17.6. The minimum Gasteiger partial charge on any atom is -0.487 e. The summed E-state index contributed by atoms with van der Waals surface area (Å²) in [5.41, 5.74) is 1.02. The standard InChI is InChI=1S/C22H36N4O/c1-16(2)26-12-8-9-17(15-26)14-24-21(23-5)25-19-13-22(3,4)27-20-11-7-6-10-18(19)20/h6-7,10-11,16-17,19H,8-9,12-15H2,1-5H3,(H2,23,24,25). The summed E-state index contributed by atoms with van der Waals surface area (Å²) in [5, 5.41) is 7.21. The second kappa shape index (κ2) is 8.51. The molecule has 3 rings (SSSR count). The van der Waals surface area contributed by atoms with Gasteiger partial charge in [-0.2, -0.15) is 0 Å². The number of guanidine groups is 1. The molecule has 2 unspecified atom stereocenters. The van der Waals surface area contributed by atoms with E-state index in [9.17, 15) is 0 Å². The van der Waals surface area contributed by atoms with Crippen LogP contribution in [0.5, 0.6) is 5.75 Å². The Labute approximate surface area is 164 Å². The lowest BCUT2D eigenvalue weighted by Crippen LogP contribution is -2.48. The molecule has 1 aromatic rings. The summed E-state index contributed by atoms with van der Waals surface area (Å²) in [4.78, 5) is 7.07. The van der Waals surface area contributed by atoms with Gasteiger partial charge >= 0.3 is 0 Å². The van der Waals surface area contributed by atoms with Gasteiger partial charge in [0.05, 0.1) is 6.04 Å². The molecule has 0 aliphatic carbocycles. The van der Waals surface area contributed by atoms with E-state index in [0.29, 0.717) is 12.0 Å². The van der Waals surface area contributed by atoms with E-state index in [1.165, 1.54) is 31.5 Å². The molecule has 2 atom stereocenters. The first kappa shape index (κ1) is 20.0. The molecule has 1 saturated heterocycles. The summed E-state index contributed by atoms with van der Waals surface area (Å²) in [7, 11) is 1.85. The molecule has 0 bridgehead atoms. The highest BCUT2D eigenvalue weighted by molar-refractivity contribution is 5.80. The summed E-state index contributed by atoms with van der Waals surface area (Å²) in [6.07, 6.45) is 3.49. The maximum Gasteiger partial charge on any atom is 0.191 e. The number of aliphatic imine (C=N–C) groups is 1. The predicted molar refractivity (Wildman–Crippen MR) is 112 cm³/mol. The number of nitrogens with one attached hydrogen (secondary N) is 2. The SMILES string of the molecule is CN=C(NCC1CCCN(C(C)C)C1)NC1CC(C)(C)Oc2ccccc21. The van der Waals surface area contributed by atoms with Crippen molar-refractivity contribution >= 4 is 5.96 Å². The number of fused-ring (bicyclic) bond motifs is 1. The van der Waals surface area contributed by atoms with Gasteiger partial charge in [0.15, 0.2) is 5.96 Å². The number of para-hydroxylation sites is 1. The van der Waals surface area contributed by atoms with Gasteiger partial charge < -0.3 is 20.3 Å². The molecule has 1 aromatic carbocycles. The van der Waals surface area contributed by atoms with Gasteiger partial charge in [-0.15, -0.1) is 0 Å². The summed E-state index contributed by atoms with van der Waals surface area (Å²) in [5.74, 6) is 2.54. The fourth-order valence-corrected chi connectivity index (χ4v) is 4.26. The van der Waals surface area contributed by atoms with Crippen LogP contribution in [0.2, 0.25) is 0 Å². The van der Waals surface area contributed by atoms with Crippen LogP contribution in [0.15, 0.2) is 29.3 Å². The molecule has 5 nitrogen and oxygen atoms in total. The van der Waals surface area contributed by atoms with Gasteiger partial charge in [-0.05, 0) is 59.1 Å². The van der Waals surface area contributed by atoms with Crippen molar-refractivity contribution in [2.75, 3.05) is 26.7 Å². The van der Waals surface area contributed by atoms with E-state index in [2.05, 4.69) is 66.4 Å². The van der Waals surface area contributed by atoms with Crippen molar-refractivity contribution in [1.82, 2.24) is 15.5 Å². The third kappa shape index (κ3) is 5.16. The predicted octanol–water partition coefficient (Wildman–Crippen LogP) is 3.57. The number of piperidine rings is 1. The first-order chi connectivity index (χ1) is 12.9. The highest BCUT2D eigenvalue weighted by Crippen LogP contribution is 2.39. The van der Waals surface area contributed by atoms with Gasteiger partial charge in [0, 0.05) is 38.2 Å². The van der Waals surface area contributed by atoms with Gasteiger partial charge in [0.2, 0.25) is 0 Å². The second-order valence-electron chi connectivity index (χ2n) is 8.85. The van der Waals surface area contributed by atoms with Gasteiger partial charge in [0.25, 0.3) is 0 Å².